The molecule has 2 unspecified atom stereocenters. The molecule has 0 aromatic heterocycles. The predicted octanol–water partition coefficient (Wildman–Crippen LogP) is 1.48. The predicted molar refractivity (Wildman–Crippen MR) is 81.6 cm³/mol. The number of aliphatic hydroxyl groups excluding tert-OH is 1. The fraction of sp³-hybridized carbons (Fsp3) is 0.647. The molecule has 1 aromatic rings. The number of benzene rings is 1. The van der Waals surface area contributed by atoms with Crippen LogP contribution in [0.25, 0.3) is 0 Å². The van der Waals surface area contributed by atoms with Crippen molar-refractivity contribution in [2.45, 2.75) is 37.6 Å². The maximum Gasteiger partial charge on any atom is 0.0443 e. The molecule has 0 aliphatic heterocycles. The van der Waals surface area contributed by atoms with Gasteiger partial charge in [0.15, 0.2) is 0 Å². The zero-order valence-electron chi connectivity index (χ0n) is 12.1. The van der Waals surface area contributed by atoms with Gasteiger partial charge >= 0.3 is 0 Å². The maximum atomic E-state index is 9.03. The van der Waals surface area contributed by atoms with E-state index < -0.39 is 0 Å². The van der Waals surface area contributed by atoms with E-state index in [1.807, 2.05) is 0 Å². The molecule has 0 spiro atoms. The van der Waals surface area contributed by atoms with E-state index in [9.17, 15) is 0 Å². The third kappa shape index (κ3) is 2.28. The van der Waals surface area contributed by atoms with Gasteiger partial charge in [0.25, 0.3) is 0 Å². The standard InChI is InChI=1S/C17H26N2O/c18-12-17(19-8-3-9-20)15-6-7-16(17)11-14-5-2-1-4-13(14)10-15/h1-2,4-5,15-16,19-20H,3,6-12,18H2. The second kappa shape index (κ2) is 5.84. The summed E-state index contributed by atoms with van der Waals surface area (Å²) in [7, 11) is 0. The summed E-state index contributed by atoms with van der Waals surface area (Å²) >= 11 is 0. The number of hydrogen-bond donors (Lipinski definition) is 3. The van der Waals surface area contributed by atoms with E-state index in [0.717, 1.165) is 25.8 Å². The van der Waals surface area contributed by atoms with Gasteiger partial charge in [-0.2, -0.15) is 0 Å². The quantitative estimate of drug-likeness (QED) is 0.713. The highest BCUT2D eigenvalue weighted by molar-refractivity contribution is 5.32. The lowest BCUT2D eigenvalue weighted by molar-refractivity contribution is 0.186. The Morgan fingerprint density at radius 3 is 2.25 bits per heavy atom. The van der Waals surface area contributed by atoms with Gasteiger partial charge in [0.2, 0.25) is 0 Å². The van der Waals surface area contributed by atoms with Crippen LogP contribution in [-0.4, -0.2) is 30.3 Å². The first kappa shape index (κ1) is 14.1. The van der Waals surface area contributed by atoms with Gasteiger partial charge in [-0.3, -0.25) is 0 Å². The lowest BCUT2D eigenvalue weighted by atomic mass is 9.78. The summed E-state index contributed by atoms with van der Waals surface area (Å²) in [5.74, 6) is 1.28. The van der Waals surface area contributed by atoms with Crippen molar-refractivity contribution < 1.29 is 5.11 Å². The Kier molecular flexibility index (Phi) is 4.11. The molecule has 1 aromatic carbocycles. The van der Waals surface area contributed by atoms with Gasteiger partial charge in [0.05, 0.1) is 0 Å². The monoisotopic (exact) mass is 274 g/mol. The van der Waals surface area contributed by atoms with Crippen molar-refractivity contribution in [2.75, 3.05) is 19.7 Å². The van der Waals surface area contributed by atoms with E-state index in [0.29, 0.717) is 18.4 Å². The van der Waals surface area contributed by atoms with E-state index in [-0.39, 0.29) is 12.1 Å². The fourth-order valence-electron chi connectivity index (χ4n) is 4.40. The number of hydrogen-bond acceptors (Lipinski definition) is 3. The van der Waals surface area contributed by atoms with Crippen LogP contribution in [0, 0.1) is 11.8 Å². The number of nitrogens with one attached hydrogen (secondary N) is 1. The number of nitrogens with two attached hydrogens (primary N) is 1. The van der Waals surface area contributed by atoms with Crippen LogP contribution in [0.2, 0.25) is 0 Å². The maximum absolute atomic E-state index is 9.03. The van der Waals surface area contributed by atoms with Gasteiger partial charge in [-0.15, -0.1) is 0 Å². The third-order valence-corrected chi connectivity index (χ3v) is 5.50. The Balaban J connectivity index is 1.86. The van der Waals surface area contributed by atoms with Crippen molar-refractivity contribution in [3.05, 3.63) is 35.4 Å². The van der Waals surface area contributed by atoms with Crippen molar-refractivity contribution in [1.82, 2.24) is 5.32 Å². The number of fused-ring (bicyclic) bond motifs is 3. The summed E-state index contributed by atoms with van der Waals surface area (Å²) in [5.41, 5.74) is 9.33. The first-order valence-corrected chi connectivity index (χ1v) is 7.93. The van der Waals surface area contributed by atoms with Crippen molar-refractivity contribution in [1.29, 1.82) is 0 Å². The highest BCUT2D eigenvalue weighted by atomic mass is 16.3. The molecule has 110 valence electrons. The summed E-state index contributed by atoms with van der Waals surface area (Å²) in [6, 6.07) is 8.87. The molecular weight excluding hydrogens is 248 g/mol. The van der Waals surface area contributed by atoms with Gasteiger partial charge in [-0.25, -0.2) is 0 Å². The first-order valence-electron chi connectivity index (χ1n) is 7.93. The summed E-state index contributed by atoms with van der Waals surface area (Å²) in [4.78, 5) is 0. The van der Waals surface area contributed by atoms with Crippen molar-refractivity contribution >= 4 is 0 Å². The Bertz CT molecular complexity index is 427. The van der Waals surface area contributed by atoms with Crippen LogP contribution in [0.4, 0.5) is 0 Å². The van der Waals surface area contributed by atoms with Crippen LogP contribution in [-0.2, 0) is 12.8 Å². The largest absolute Gasteiger partial charge is 0.396 e. The van der Waals surface area contributed by atoms with E-state index in [1.165, 1.54) is 24.0 Å². The molecule has 0 amide bonds. The van der Waals surface area contributed by atoms with E-state index >= 15 is 0 Å². The van der Waals surface area contributed by atoms with Gasteiger partial charge in [-0.1, -0.05) is 24.3 Å². The van der Waals surface area contributed by atoms with Crippen LogP contribution in [0.5, 0.6) is 0 Å². The summed E-state index contributed by atoms with van der Waals surface area (Å²) in [6.07, 6.45) is 5.67. The molecule has 4 N–H and O–H groups in total. The molecular formula is C17H26N2O. The van der Waals surface area contributed by atoms with Gasteiger partial charge in [-0.05, 0) is 61.6 Å². The molecule has 1 saturated carbocycles. The van der Waals surface area contributed by atoms with Crippen LogP contribution < -0.4 is 11.1 Å². The van der Waals surface area contributed by atoms with Crippen LogP contribution in [0.1, 0.15) is 30.4 Å². The average Bonchev–Trinajstić information content (AvgIpc) is 2.71. The Morgan fingerprint density at radius 2 is 1.75 bits per heavy atom. The topological polar surface area (TPSA) is 58.3 Å². The molecule has 1 fully saturated rings. The third-order valence-electron chi connectivity index (χ3n) is 5.50. The second-order valence-corrected chi connectivity index (χ2v) is 6.40. The summed E-state index contributed by atoms with van der Waals surface area (Å²) < 4.78 is 0. The van der Waals surface area contributed by atoms with Gasteiger partial charge < -0.3 is 16.2 Å². The lowest BCUT2D eigenvalue weighted by Crippen LogP contribution is -2.58. The number of aliphatic hydroxyl groups is 1. The summed E-state index contributed by atoms with van der Waals surface area (Å²) in [5, 5.41) is 12.8. The van der Waals surface area contributed by atoms with Crippen molar-refractivity contribution in [3.8, 4) is 0 Å². The second-order valence-electron chi connectivity index (χ2n) is 6.40. The summed E-state index contributed by atoms with van der Waals surface area (Å²) in [6.45, 7) is 1.84. The van der Waals surface area contributed by atoms with E-state index in [1.54, 1.807) is 0 Å². The molecule has 2 aliphatic carbocycles. The smallest absolute Gasteiger partial charge is 0.0443 e. The van der Waals surface area contributed by atoms with E-state index in [4.69, 9.17) is 10.8 Å². The molecule has 2 atom stereocenters. The average molecular weight is 274 g/mol. The SMILES string of the molecule is NCC1(NCCCO)C2CCC1Cc1ccccc1C2. The molecule has 2 aliphatic rings. The minimum Gasteiger partial charge on any atom is -0.396 e. The molecule has 0 heterocycles. The Morgan fingerprint density at radius 1 is 1.15 bits per heavy atom. The van der Waals surface area contributed by atoms with Crippen LogP contribution >= 0.6 is 0 Å². The Labute approximate surface area is 121 Å². The van der Waals surface area contributed by atoms with Gasteiger partial charge in [0, 0.05) is 18.7 Å². The molecule has 3 nitrogen and oxygen atoms in total. The zero-order chi connectivity index (χ0) is 14.0. The molecule has 0 radical (unpaired) electrons. The Hall–Kier alpha value is -0.900. The fourth-order valence-corrected chi connectivity index (χ4v) is 4.40. The van der Waals surface area contributed by atoms with Crippen molar-refractivity contribution in [2.24, 2.45) is 17.6 Å². The zero-order valence-corrected chi connectivity index (χ0v) is 12.1. The minimum absolute atomic E-state index is 0.0776. The highest BCUT2D eigenvalue weighted by Gasteiger charge is 2.50. The lowest BCUT2D eigenvalue weighted by Gasteiger charge is -2.39. The van der Waals surface area contributed by atoms with Crippen molar-refractivity contribution in [3.63, 3.8) is 0 Å². The molecule has 3 heteroatoms. The molecule has 20 heavy (non-hydrogen) atoms. The molecule has 2 bridgehead atoms. The minimum atomic E-state index is 0.0776. The van der Waals surface area contributed by atoms with Crippen LogP contribution in [0.15, 0.2) is 24.3 Å². The molecule has 0 saturated heterocycles. The highest BCUT2D eigenvalue weighted by Crippen LogP contribution is 2.46. The molecule has 3 rings (SSSR count). The van der Waals surface area contributed by atoms with Gasteiger partial charge in [0.1, 0.15) is 0 Å². The number of rotatable bonds is 5. The van der Waals surface area contributed by atoms with E-state index in [2.05, 4.69) is 29.6 Å². The first-order chi connectivity index (χ1) is 9.80. The van der Waals surface area contributed by atoms with Crippen LogP contribution in [0.3, 0.4) is 0 Å². The normalized spacial score (nSPS) is 31.9.